The second-order valence-electron chi connectivity index (χ2n) is 6.56. The molecule has 2 aromatic heterocycles. The molecule has 0 unspecified atom stereocenters. The third kappa shape index (κ3) is 3.01. The molecule has 5 rings (SSSR count). The van der Waals surface area contributed by atoms with Gasteiger partial charge < -0.3 is 19.3 Å². The third-order valence-corrected chi connectivity index (χ3v) is 4.90. The molecule has 2 aliphatic heterocycles. The number of benzene rings is 1. The van der Waals surface area contributed by atoms with Gasteiger partial charge in [0.1, 0.15) is 12.1 Å². The van der Waals surface area contributed by atoms with E-state index in [1.807, 2.05) is 35.2 Å². The minimum absolute atomic E-state index is 0.121. The SMILES string of the molecule is O=C(Cc1ccc2c(c1)OCO2)N1CCN(c2ccc3nncn3n2)CC1. The summed E-state index contributed by atoms with van der Waals surface area (Å²) in [5.41, 5.74) is 1.66. The fourth-order valence-electron chi connectivity index (χ4n) is 3.41. The minimum Gasteiger partial charge on any atom is -0.454 e. The first kappa shape index (κ1) is 15.9. The number of nitrogens with zero attached hydrogens (tertiary/aromatic N) is 6. The molecule has 1 saturated heterocycles. The summed E-state index contributed by atoms with van der Waals surface area (Å²) in [6.45, 7) is 3.07. The Labute approximate surface area is 155 Å². The molecular formula is C18H18N6O3. The number of hydrogen-bond donors (Lipinski definition) is 0. The second-order valence-corrected chi connectivity index (χ2v) is 6.56. The summed E-state index contributed by atoms with van der Waals surface area (Å²) in [5.74, 6) is 2.43. The van der Waals surface area contributed by atoms with E-state index < -0.39 is 0 Å². The van der Waals surface area contributed by atoms with Crippen LogP contribution in [0.4, 0.5) is 5.82 Å². The van der Waals surface area contributed by atoms with Crippen LogP contribution in [0.3, 0.4) is 0 Å². The molecule has 0 radical (unpaired) electrons. The van der Waals surface area contributed by atoms with Gasteiger partial charge >= 0.3 is 0 Å². The Balaban J connectivity index is 1.21. The van der Waals surface area contributed by atoms with Gasteiger partial charge in [0.15, 0.2) is 17.1 Å². The first-order valence-corrected chi connectivity index (χ1v) is 8.84. The maximum absolute atomic E-state index is 12.7. The molecule has 0 aliphatic carbocycles. The van der Waals surface area contributed by atoms with Crippen LogP contribution in [0.2, 0.25) is 0 Å². The summed E-state index contributed by atoms with van der Waals surface area (Å²) in [5, 5.41) is 12.3. The number of rotatable bonds is 3. The Morgan fingerprint density at radius 2 is 1.89 bits per heavy atom. The highest BCUT2D eigenvalue weighted by atomic mass is 16.7. The Bertz CT molecular complexity index is 996. The van der Waals surface area contributed by atoms with Crippen molar-refractivity contribution in [2.45, 2.75) is 6.42 Å². The van der Waals surface area contributed by atoms with Crippen LogP contribution in [-0.4, -0.2) is 63.6 Å². The summed E-state index contributed by atoms with van der Waals surface area (Å²) < 4.78 is 12.4. The number of piperazine rings is 1. The molecule has 1 amide bonds. The number of hydrogen-bond acceptors (Lipinski definition) is 7. The molecule has 27 heavy (non-hydrogen) atoms. The molecule has 1 fully saturated rings. The van der Waals surface area contributed by atoms with Crippen molar-refractivity contribution in [3.8, 4) is 11.5 Å². The molecule has 2 aliphatic rings. The van der Waals surface area contributed by atoms with Crippen molar-refractivity contribution in [2.24, 2.45) is 0 Å². The third-order valence-electron chi connectivity index (χ3n) is 4.90. The predicted molar refractivity (Wildman–Crippen MR) is 95.8 cm³/mol. The molecule has 9 heteroatoms. The molecule has 3 aromatic rings. The van der Waals surface area contributed by atoms with Crippen molar-refractivity contribution in [1.82, 2.24) is 24.7 Å². The lowest BCUT2D eigenvalue weighted by Gasteiger charge is -2.35. The highest BCUT2D eigenvalue weighted by Crippen LogP contribution is 2.32. The molecule has 1 aromatic carbocycles. The molecule has 0 atom stereocenters. The van der Waals surface area contributed by atoms with Gasteiger partial charge in [-0.3, -0.25) is 4.79 Å². The van der Waals surface area contributed by atoms with Gasteiger partial charge in [-0.1, -0.05) is 6.07 Å². The number of amides is 1. The van der Waals surface area contributed by atoms with Gasteiger partial charge in [-0.15, -0.1) is 15.3 Å². The van der Waals surface area contributed by atoms with Crippen molar-refractivity contribution < 1.29 is 14.3 Å². The van der Waals surface area contributed by atoms with Gasteiger partial charge in [0.05, 0.1) is 6.42 Å². The zero-order chi connectivity index (χ0) is 18.2. The van der Waals surface area contributed by atoms with Crippen molar-refractivity contribution in [3.05, 3.63) is 42.2 Å². The van der Waals surface area contributed by atoms with Crippen LogP contribution in [0, 0.1) is 0 Å². The molecule has 9 nitrogen and oxygen atoms in total. The maximum atomic E-state index is 12.7. The average molecular weight is 366 g/mol. The van der Waals surface area contributed by atoms with E-state index in [-0.39, 0.29) is 12.7 Å². The lowest BCUT2D eigenvalue weighted by Crippen LogP contribution is -2.49. The molecule has 0 saturated carbocycles. The normalized spacial score (nSPS) is 16.1. The van der Waals surface area contributed by atoms with Crippen LogP contribution in [0.5, 0.6) is 11.5 Å². The van der Waals surface area contributed by atoms with Crippen molar-refractivity contribution in [3.63, 3.8) is 0 Å². The van der Waals surface area contributed by atoms with E-state index in [0.717, 1.165) is 35.9 Å². The highest BCUT2D eigenvalue weighted by Gasteiger charge is 2.23. The molecule has 4 heterocycles. The van der Waals surface area contributed by atoms with Crippen LogP contribution in [-0.2, 0) is 11.2 Å². The average Bonchev–Trinajstić information content (AvgIpc) is 3.36. The quantitative estimate of drug-likeness (QED) is 0.676. The van der Waals surface area contributed by atoms with Gasteiger partial charge in [-0.05, 0) is 29.8 Å². The Morgan fingerprint density at radius 3 is 2.78 bits per heavy atom. The predicted octanol–water partition coefficient (Wildman–Crippen LogP) is 0.744. The first-order valence-electron chi connectivity index (χ1n) is 8.84. The molecular weight excluding hydrogens is 348 g/mol. The summed E-state index contributed by atoms with van der Waals surface area (Å²) in [7, 11) is 0. The van der Waals surface area contributed by atoms with E-state index in [1.165, 1.54) is 0 Å². The number of carbonyl (C=O) groups excluding carboxylic acids is 1. The Morgan fingerprint density at radius 1 is 1.04 bits per heavy atom. The number of carbonyl (C=O) groups is 1. The van der Waals surface area contributed by atoms with Gasteiger partial charge in [-0.2, -0.15) is 4.52 Å². The number of aromatic nitrogens is 4. The van der Waals surface area contributed by atoms with E-state index in [9.17, 15) is 4.79 Å². The summed E-state index contributed by atoms with van der Waals surface area (Å²) in [6.07, 6.45) is 1.95. The van der Waals surface area contributed by atoms with Crippen LogP contribution in [0.25, 0.3) is 5.65 Å². The van der Waals surface area contributed by atoms with E-state index in [4.69, 9.17) is 9.47 Å². The van der Waals surface area contributed by atoms with E-state index in [2.05, 4.69) is 20.2 Å². The summed E-state index contributed by atoms with van der Waals surface area (Å²) >= 11 is 0. The molecule has 0 bridgehead atoms. The fraction of sp³-hybridized carbons (Fsp3) is 0.333. The number of ether oxygens (including phenoxy) is 2. The summed E-state index contributed by atoms with van der Waals surface area (Å²) in [6, 6.07) is 9.49. The zero-order valence-corrected chi connectivity index (χ0v) is 14.6. The number of anilines is 1. The fourth-order valence-corrected chi connectivity index (χ4v) is 3.41. The molecule has 138 valence electrons. The van der Waals surface area contributed by atoms with Gasteiger partial charge in [0.2, 0.25) is 12.7 Å². The van der Waals surface area contributed by atoms with Crippen LogP contribution in [0.15, 0.2) is 36.7 Å². The van der Waals surface area contributed by atoms with Crippen molar-refractivity contribution in [1.29, 1.82) is 0 Å². The van der Waals surface area contributed by atoms with E-state index >= 15 is 0 Å². The van der Waals surface area contributed by atoms with Gasteiger partial charge in [-0.25, -0.2) is 0 Å². The van der Waals surface area contributed by atoms with Crippen molar-refractivity contribution >= 4 is 17.4 Å². The van der Waals surface area contributed by atoms with E-state index in [1.54, 1.807) is 10.8 Å². The van der Waals surface area contributed by atoms with Crippen LogP contribution in [0.1, 0.15) is 5.56 Å². The summed E-state index contributed by atoms with van der Waals surface area (Å²) in [4.78, 5) is 16.7. The Hall–Kier alpha value is -3.36. The Kier molecular flexibility index (Phi) is 3.77. The first-order chi connectivity index (χ1) is 13.3. The van der Waals surface area contributed by atoms with Crippen LogP contribution < -0.4 is 14.4 Å². The smallest absolute Gasteiger partial charge is 0.231 e. The highest BCUT2D eigenvalue weighted by molar-refractivity contribution is 5.79. The topological polar surface area (TPSA) is 85.1 Å². The van der Waals surface area contributed by atoms with E-state index in [0.29, 0.717) is 25.3 Å². The zero-order valence-electron chi connectivity index (χ0n) is 14.6. The van der Waals surface area contributed by atoms with Gasteiger partial charge in [0.25, 0.3) is 0 Å². The van der Waals surface area contributed by atoms with Crippen LogP contribution >= 0.6 is 0 Å². The largest absolute Gasteiger partial charge is 0.454 e. The monoisotopic (exact) mass is 366 g/mol. The van der Waals surface area contributed by atoms with Crippen molar-refractivity contribution in [2.75, 3.05) is 37.9 Å². The standard InChI is InChI=1S/C18H18N6O3/c25-18(10-13-1-2-14-15(9-13)27-12-26-14)23-7-5-22(6-8-23)17-4-3-16-20-19-11-24(16)21-17/h1-4,9,11H,5-8,10,12H2. The lowest BCUT2D eigenvalue weighted by molar-refractivity contribution is -0.130. The van der Waals surface area contributed by atoms with Gasteiger partial charge in [0, 0.05) is 26.2 Å². The number of fused-ring (bicyclic) bond motifs is 2. The second kappa shape index (κ2) is 6.42. The minimum atomic E-state index is 0.121. The lowest BCUT2D eigenvalue weighted by atomic mass is 10.1. The molecule has 0 N–H and O–H groups in total. The molecule has 0 spiro atoms. The maximum Gasteiger partial charge on any atom is 0.231 e.